The van der Waals surface area contributed by atoms with Gasteiger partial charge in [-0.1, -0.05) is 42.2 Å². The molecule has 0 aliphatic carbocycles. The van der Waals surface area contributed by atoms with Gasteiger partial charge in [-0.2, -0.15) is 0 Å². The van der Waals surface area contributed by atoms with Gasteiger partial charge in [0, 0.05) is 17.5 Å². The van der Waals surface area contributed by atoms with E-state index in [4.69, 9.17) is 5.73 Å². The summed E-state index contributed by atoms with van der Waals surface area (Å²) in [5.74, 6) is 3.77. The van der Waals surface area contributed by atoms with E-state index < -0.39 is 11.6 Å². The third-order valence-electron chi connectivity index (χ3n) is 4.21. The highest BCUT2D eigenvalue weighted by Crippen LogP contribution is 2.25. The fourth-order valence-electron chi connectivity index (χ4n) is 2.86. The van der Waals surface area contributed by atoms with Crippen molar-refractivity contribution in [3.05, 3.63) is 94.7 Å². The zero-order valence-electron chi connectivity index (χ0n) is 13.7. The quantitative estimate of drug-likeness (QED) is 0.548. The number of allylic oxidation sites excluding steroid dienone is 2. The summed E-state index contributed by atoms with van der Waals surface area (Å²) < 4.78 is 27.7. The van der Waals surface area contributed by atoms with Crippen molar-refractivity contribution in [3.8, 4) is 11.8 Å². The zero-order chi connectivity index (χ0) is 18.1. The standard InChI is InChI=1S/C21H15F2N3/c22-17-8-9-18(24)20(23)16(17)7-6-13-10-15-11-19(26-21(15)25-12-13)14-4-2-1-3-5-14/h1-5,8-12,21,25-26H,24H2. The van der Waals surface area contributed by atoms with Gasteiger partial charge < -0.3 is 16.4 Å². The van der Waals surface area contributed by atoms with Crippen LogP contribution in [0.15, 0.2) is 72.0 Å². The van der Waals surface area contributed by atoms with Crippen molar-refractivity contribution >= 4 is 11.4 Å². The summed E-state index contributed by atoms with van der Waals surface area (Å²) in [5.41, 5.74) is 8.75. The molecular formula is C21H15F2N3. The number of hydrogen-bond acceptors (Lipinski definition) is 3. The van der Waals surface area contributed by atoms with Crippen molar-refractivity contribution < 1.29 is 8.78 Å². The van der Waals surface area contributed by atoms with Gasteiger partial charge in [0.2, 0.25) is 0 Å². The van der Waals surface area contributed by atoms with E-state index in [1.54, 1.807) is 6.20 Å². The number of nitrogens with two attached hydrogens (primary N) is 1. The Bertz CT molecular complexity index is 1020. The monoisotopic (exact) mass is 347 g/mol. The summed E-state index contributed by atoms with van der Waals surface area (Å²) in [7, 11) is 0. The fraction of sp³-hybridized carbons (Fsp3) is 0.0476. The Hall–Kier alpha value is -3.52. The van der Waals surface area contributed by atoms with Gasteiger partial charge in [0.05, 0.1) is 11.3 Å². The SMILES string of the molecule is Nc1ccc(F)c(C#CC2=CNC3NC(c4ccccc4)=CC3=C2)c1F. The molecule has 26 heavy (non-hydrogen) atoms. The molecule has 128 valence electrons. The van der Waals surface area contributed by atoms with Crippen molar-refractivity contribution in [3.63, 3.8) is 0 Å². The Labute approximate surface area is 149 Å². The summed E-state index contributed by atoms with van der Waals surface area (Å²) in [6, 6.07) is 12.3. The number of benzene rings is 2. The number of fused-ring (bicyclic) bond motifs is 1. The first kappa shape index (κ1) is 16.0. The van der Waals surface area contributed by atoms with Crippen LogP contribution in [0.4, 0.5) is 14.5 Å². The van der Waals surface area contributed by atoms with Crippen LogP contribution >= 0.6 is 0 Å². The van der Waals surface area contributed by atoms with E-state index in [1.165, 1.54) is 6.07 Å². The van der Waals surface area contributed by atoms with Gasteiger partial charge in [-0.05, 0) is 35.4 Å². The van der Waals surface area contributed by atoms with E-state index in [9.17, 15) is 8.78 Å². The second kappa shape index (κ2) is 6.41. The molecular weight excluding hydrogens is 332 g/mol. The van der Waals surface area contributed by atoms with Crippen molar-refractivity contribution in [1.82, 2.24) is 10.6 Å². The molecule has 0 fully saturated rings. The molecule has 1 atom stereocenters. The third-order valence-corrected chi connectivity index (χ3v) is 4.21. The second-order valence-electron chi connectivity index (χ2n) is 5.99. The number of rotatable bonds is 1. The molecule has 4 N–H and O–H groups in total. The van der Waals surface area contributed by atoms with E-state index in [-0.39, 0.29) is 17.4 Å². The predicted molar refractivity (Wildman–Crippen MR) is 98.3 cm³/mol. The molecule has 5 heteroatoms. The number of halogens is 2. The molecule has 0 amide bonds. The average Bonchev–Trinajstić information content (AvgIpc) is 3.09. The van der Waals surface area contributed by atoms with Crippen LogP contribution in [0, 0.1) is 23.5 Å². The molecule has 0 aromatic heterocycles. The Kier molecular flexibility index (Phi) is 3.94. The molecule has 0 spiro atoms. The van der Waals surface area contributed by atoms with Crippen LogP contribution in [0.3, 0.4) is 0 Å². The topological polar surface area (TPSA) is 50.1 Å². The Morgan fingerprint density at radius 1 is 0.962 bits per heavy atom. The first-order chi connectivity index (χ1) is 12.6. The molecule has 2 heterocycles. The molecule has 0 saturated heterocycles. The Morgan fingerprint density at radius 2 is 1.77 bits per heavy atom. The van der Waals surface area contributed by atoms with Crippen LogP contribution in [-0.4, -0.2) is 6.17 Å². The minimum absolute atomic E-state index is 0.0448. The molecule has 3 nitrogen and oxygen atoms in total. The number of anilines is 1. The van der Waals surface area contributed by atoms with Crippen molar-refractivity contribution in [2.75, 3.05) is 5.73 Å². The van der Waals surface area contributed by atoms with Crippen molar-refractivity contribution in [2.45, 2.75) is 6.17 Å². The van der Waals surface area contributed by atoms with E-state index in [2.05, 4.69) is 22.5 Å². The van der Waals surface area contributed by atoms with Gasteiger partial charge in [-0.3, -0.25) is 0 Å². The summed E-state index contributed by atoms with van der Waals surface area (Å²) in [6.07, 6.45) is 5.59. The normalized spacial score (nSPS) is 17.6. The Morgan fingerprint density at radius 3 is 2.58 bits per heavy atom. The lowest BCUT2D eigenvalue weighted by Crippen LogP contribution is -2.37. The molecule has 2 aliphatic rings. The van der Waals surface area contributed by atoms with Crippen LogP contribution < -0.4 is 16.4 Å². The maximum atomic E-state index is 13.9. The third kappa shape index (κ3) is 2.93. The van der Waals surface area contributed by atoms with Gasteiger partial charge in [-0.25, -0.2) is 8.78 Å². The first-order valence-electron chi connectivity index (χ1n) is 8.09. The molecule has 4 rings (SSSR count). The van der Waals surface area contributed by atoms with Gasteiger partial charge in [0.15, 0.2) is 5.82 Å². The molecule has 0 saturated carbocycles. The van der Waals surface area contributed by atoms with Crippen LogP contribution in [-0.2, 0) is 0 Å². The smallest absolute Gasteiger partial charge is 0.164 e. The summed E-state index contributed by atoms with van der Waals surface area (Å²) in [4.78, 5) is 0. The van der Waals surface area contributed by atoms with E-state index in [1.807, 2.05) is 42.5 Å². The molecule has 0 radical (unpaired) electrons. The minimum Gasteiger partial charge on any atom is -0.396 e. The lowest BCUT2D eigenvalue weighted by Gasteiger charge is -2.19. The highest BCUT2D eigenvalue weighted by molar-refractivity contribution is 5.72. The predicted octanol–water partition coefficient (Wildman–Crippen LogP) is 3.28. The lowest BCUT2D eigenvalue weighted by atomic mass is 10.1. The summed E-state index contributed by atoms with van der Waals surface area (Å²) in [6.45, 7) is 0. The van der Waals surface area contributed by atoms with Crippen LogP contribution in [0.2, 0.25) is 0 Å². The van der Waals surface area contributed by atoms with Gasteiger partial charge in [0.1, 0.15) is 12.0 Å². The second-order valence-corrected chi connectivity index (χ2v) is 5.99. The molecule has 2 aromatic rings. The maximum absolute atomic E-state index is 13.9. The van der Waals surface area contributed by atoms with Crippen LogP contribution in [0.1, 0.15) is 11.1 Å². The van der Waals surface area contributed by atoms with E-state index >= 15 is 0 Å². The maximum Gasteiger partial charge on any atom is 0.164 e. The van der Waals surface area contributed by atoms with E-state index in [0.29, 0.717) is 5.57 Å². The number of nitrogens with one attached hydrogen (secondary N) is 2. The number of nitrogen functional groups attached to an aromatic ring is 1. The highest BCUT2D eigenvalue weighted by atomic mass is 19.1. The average molecular weight is 347 g/mol. The number of hydrogen-bond donors (Lipinski definition) is 3. The number of dihydropyridines is 1. The molecule has 0 bridgehead atoms. The van der Waals surface area contributed by atoms with Gasteiger partial charge in [0.25, 0.3) is 0 Å². The zero-order valence-corrected chi connectivity index (χ0v) is 13.7. The fourth-order valence-corrected chi connectivity index (χ4v) is 2.86. The van der Waals surface area contributed by atoms with E-state index in [0.717, 1.165) is 22.9 Å². The van der Waals surface area contributed by atoms with Crippen molar-refractivity contribution in [2.24, 2.45) is 0 Å². The summed E-state index contributed by atoms with van der Waals surface area (Å²) >= 11 is 0. The van der Waals surface area contributed by atoms with Gasteiger partial charge in [-0.15, -0.1) is 0 Å². The van der Waals surface area contributed by atoms with Crippen molar-refractivity contribution in [1.29, 1.82) is 0 Å². The van der Waals surface area contributed by atoms with Gasteiger partial charge >= 0.3 is 0 Å². The molecule has 2 aliphatic heterocycles. The largest absolute Gasteiger partial charge is 0.396 e. The first-order valence-corrected chi connectivity index (χ1v) is 8.09. The lowest BCUT2D eigenvalue weighted by molar-refractivity contribution is 0.580. The molecule has 1 unspecified atom stereocenters. The van der Waals surface area contributed by atoms with Crippen LogP contribution in [0.25, 0.3) is 5.70 Å². The van der Waals surface area contributed by atoms with Crippen LogP contribution in [0.5, 0.6) is 0 Å². The Balaban J connectivity index is 1.61. The minimum atomic E-state index is -0.832. The highest BCUT2D eigenvalue weighted by Gasteiger charge is 2.23. The molecule has 2 aromatic carbocycles. The summed E-state index contributed by atoms with van der Waals surface area (Å²) in [5, 5.41) is 6.58.